The lowest BCUT2D eigenvalue weighted by Crippen LogP contribution is -2.14. The van der Waals surface area contributed by atoms with Crippen LogP contribution in [0.4, 0.5) is 17.6 Å². The lowest BCUT2D eigenvalue weighted by molar-refractivity contribution is 0.0505. The first-order valence-electron chi connectivity index (χ1n) is 4.28. The SMILES string of the molecule is CCOC(=O)c1c(C(F)F)ncc(F)c1F. The molecule has 0 spiro atoms. The number of ether oxygens (including phenoxy) is 1. The van der Waals surface area contributed by atoms with Crippen LogP contribution < -0.4 is 0 Å². The smallest absolute Gasteiger partial charge is 0.343 e. The molecule has 0 aliphatic rings. The normalized spacial score (nSPS) is 10.6. The number of hydrogen-bond acceptors (Lipinski definition) is 3. The van der Waals surface area contributed by atoms with E-state index >= 15 is 0 Å². The molecule has 0 N–H and O–H groups in total. The quantitative estimate of drug-likeness (QED) is 0.598. The van der Waals surface area contributed by atoms with E-state index in [0.29, 0.717) is 6.20 Å². The molecule has 1 aromatic rings. The molecule has 1 heterocycles. The number of carbonyl (C=O) groups is 1. The van der Waals surface area contributed by atoms with Crippen LogP contribution in [0.15, 0.2) is 6.20 Å². The fourth-order valence-electron chi connectivity index (χ4n) is 1.04. The summed E-state index contributed by atoms with van der Waals surface area (Å²) in [5, 5.41) is 0. The Bertz CT molecular complexity index is 409. The predicted molar refractivity (Wildman–Crippen MR) is 45.1 cm³/mol. The molecule has 0 atom stereocenters. The fraction of sp³-hybridized carbons (Fsp3) is 0.333. The van der Waals surface area contributed by atoms with Crippen molar-refractivity contribution in [1.82, 2.24) is 4.98 Å². The van der Waals surface area contributed by atoms with Crippen molar-refractivity contribution in [2.24, 2.45) is 0 Å². The highest BCUT2D eigenvalue weighted by molar-refractivity contribution is 5.91. The summed E-state index contributed by atoms with van der Waals surface area (Å²) in [7, 11) is 0. The molecule has 1 aromatic heterocycles. The Labute approximate surface area is 88.0 Å². The van der Waals surface area contributed by atoms with Crippen LogP contribution in [0.5, 0.6) is 0 Å². The first kappa shape index (κ1) is 12.4. The van der Waals surface area contributed by atoms with Crippen LogP contribution in [0, 0.1) is 11.6 Å². The molecule has 0 aliphatic carbocycles. The number of esters is 1. The Hall–Kier alpha value is -1.66. The van der Waals surface area contributed by atoms with Crippen molar-refractivity contribution in [2.75, 3.05) is 6.61 Å². The van der Waals surface area contributed by atoms with E-state index in [1.807, 2.05) is 0 Å². The van der Waals surface area contributed by atoms with E-state index in [1.165, 1.54) is 6.92 Å². The second-order valence-electron chi connectivity index (χ2n) is 2.70. The van der Waals surface area contributed by atoms with Crippen molar-refractivity contribution < 1.29 is 27.1 Å². The summed E-state index contributed by atoms with van der Waals surface area (Å²) in [6.45, 7) is 1.27. The van der Waals surface area contributed by atoms with Gasteiger partial charge >= 0.3 is 5.97 Å². The molecule has 0 bridgehead atoms. The van der Waals surface area contributed by atoms with Crippen molar-refractivity contribution in [3.63, 3.8) is 0 Å². The maximum Gasteiger partial charge on any atom is 0.343 e. The molecule has 88 valence electrons. The average molecular weight is 237 g/mol. The number of halogens is 4. The summed E-state index contributed by atoms with van der Waals surface area (Å²) in [4.78, 5) is 14.1. The van der Waals surface area contributed by atoms with E-state index in [2.05, 4.69) is 9.72 Å². The van der Waals surface area contributed by atoms with Crippen molar-refractivity contribution in [3.05, 3.63) is 29.1 Å². The van der Waals surface area contributed by atoms with Gasteiger partial charge < -0.3 is 4.74 Å². The summed E-state index contributed by atoms with van der Waals surface area (Å²) < 4.78 is 55.0. The van der Waals surface area contributed by atoms with Gasteiger partial charge in [-0.25, -0.2) is 22.4 Å². The molecule has 3 nitrogen and oxygen atoms in total. The molecule has 16 heavy (non-hydrogen) atoms. The predicted octanol–water partition coefficient (Wildman–Crippen LogP) is 2.47. The van der Waals surface area contributed by atoms with Gasteiger partial charge in [-0.2, -0.15) is 0 Å². The molecule has 0 amide bonds. The van der Waals surface area contributed by atoms with Gasteiger partial charge in [0.2, 0.25) is 0 Å². The van der Waals surface area contributed by atoms with Crippen molar-refractivity contribution in [3.8, 4) is 0 Å². The Kier molecular flexibility index (Phi) is 3.81. The molecular formula is C9H7F4NO2. The number of carbonyl (C=O) groups excluding carboxylic acids is 1. The summed E-state index contributed by atoms with van der Waals surface area (Å²) in [5.74, 6) is -4.52. The van der Waals surface area contributed by atoms with E-state index in [9.17, 15) is 22.4 Å². The van der Waals surface area contributed by atoms with E-state index in [0.717, 1.165) is 0 Å². The van der Waals surface area contributed by atoms with Gasteiger partial charge in [-0.1, -0.05) is 0 Å². The van der Waals surface area contributed by atoms with Gasteiger partial charge in [0, 0.05) is 0 Å². The summed E-state index contributed by atoms with van der Waals surface area (Å²) >= 11 is 0. The maximum absolute atomic E-state index is 13.1. The number of hydrogen-bond donors (Lipinski definition) is 0. The second kappa shape index (κ2) is 4.91. The molecule has 1 rings (SSSR count). The fourth-order valence-corrected chi connectivity index (χ4v) is 1.04. The first-order chi connectivity index (χ1) is 7.49. The lowest BCUT2D eigenvalue weighted by atomic mass is 10.2. The monoisotopic (exact) mass is 237 g/mol. The Balaban J connectivity index is 3.31. The Morgan fingerprint density at radius 3 is 2.62 bits per heavy atom. The second-order valence-corrected chi connectivity index (χ2v) is 2.70. The molecule has 0 aliphatic heterocycles. The van der Waals surface area contributed by atoms with Crippen LogP contribution >= 0.6 is 0 Å². The van der Waals surface area contributed by atoms with Crippen LogP contribution in [-0.2, 0) is 4.74 Å². The maximum atomic E-state index is 13.1. The molecule has 0 fully saturated rings. The summed E-state index contributed by atoms with van der Waals surface area (Å²) in [5.41, 5.74) is -2.28. The number of alkyl halides is 2. The van der Waals surface area contributed by atoms with E-state index in [-0.39, 0.29) is 6.61 Å². The molecule has 7 heteroatoms. The van der Waals surface area contributed by atoms with Gasteiger partial charge in [0.05, 0.1) is 12.8 Å². The third-order valence-electron chi connectivity index (χ3n) is 1.69. The highest BCUT2D eigenvalue weighted by Gasteiger charge is 2.27. The molecule has 0 aromatic carbocycles. The third kappa shape index (κ3) is 2.29. The Morgan fingerprint density at radius 2 is 2.12 bits per heavy atom. The number of pyridine rings is 1. The van der Waals surface area contributed by atoms with E-state index in [1.54, 1.807) is 0 Å². The third-order valence-corrected chi connectivity index (χ3v) is 1.69. The average Bonchev–Trinajstić information content (AvgIpc) is 2.21. The Morgan fingerprint density at radius 1 is 1.50 bits per heavy atom. The highest BCUT2D eigenvalue weighted by atomic mass is 19.3. The van der Waals surface area contributed by atoms with Crippen molar-refractivity contribution >= 4 is 5.97 Å². The van der Waals surface area contributed by atoms with Gasteiger partial charge in [-0.05, 0) is 6.92 Å². The first-order valence-corrected chi connectivity index (χ1v) is 4.28. The molecule has 0 saturated heterocycles. The summed E-state index contributed by atoms with van der Waals surface area (Å²) in [6, 6.07) is 0. The minimum atomic E-state index is -3.19. The molecular weight excluding hydrogens is 230 g/mol. The van der Waals surface area contributed by atoms with Gasteiger partial charge in [0.1, 0.15) is 11.3 Å². The van der Waals surface area contributed by atoms with Gasteiger partial charge in [-0.3, -0.25) is 4.98 Å². The number of aromatic nitrogens is 1. The summed E-state index contributed by atoms with van der Waals surface area (Å²) in [6.07, 6.45) is -2.89. The van der Waals surface area contributed by atoms with Crippen LogP contribution in [-0.4, -0.2) is 17.6 Å². The van der Waals surface area contributed by atoms with Crippen LogP contribution in [0.3, 0.4) is 0 Å². The van der Waals surface area contributed by atoms with Crippen LogP contribution in [0.1, 0.15) is 29.4 Å². The zero-order valence-electron chi connectivity index (χ0n) is 8.14. The standard InChI is InChI=1S/C9H7F4NO2/c1-2-16-9(15)5-6(11)4(10)3-14-7(5)8(12)13/h3,8H,2H2,1H3. The highest BCUT2D eigenvalue weighted by Crippen LogP contribution is 2.24. The van der Waals surface area contributed by atoms with Gasteiger partial charge in [0.15, 0.2) is 11.6 Å². The molecule has 0 saturated carbocycles. The van der Waals surface area contributed by atoms with Crippen molar-refractivity contribution in [1.29, 1.82) is 0 Å². The molecule has 0 radical (unpaired) electrons. The zero-order chi connectivity index (χ0) is 12.3. The van der Waals surface area contributed by atoms with Gasteiger partial charge in [-0.15, -0.1) is 0 Å². The zero-order valence-corrected chi connectivity index (χ0v) is 8.14. The lowest BCUT2D eigenvalue weighted by Gasteiger charge is -2.08. The minimum Gasteiger partial charge on any atom is -0.462 e. The van der Waals surface area contributed by atoms with E-state index < -0.39 is 35.3 Å². The minimum absolute atomic E-state index is 0.141. The topological polar surface area (TPSA) is 39.2 Å². The van der Waals surface area contributed by atoms with E-state index in [4.69, 9.17) is 0 Å². The number of nitrogens with zero attached hydrogens (tertiary/aromatic N) is 1. The van der Waals surface area contributed by atoms with Crippen molar-refractivity contribution in [2.45, 2.75) is 13.3 Å². The number of rotatable bonds is 3. The van der Waals surface area contributed by atoms with Gasteiger partial charge in [0.25, 0.3) is 6.43 Å². The van der Waals surface area contributed by atoms with Crippen LogP contribution in [0.2, 0.25) is 0 Å². The largest absolute Gasteiger partial charge is 0.462 e. The van der Waals surface area contributed by atoms with Crippen LogP contribution in [0.25, 0.3) is 0 Å². The molecule has 0 unspecified atom stereocenters.